The summed E-state index contributed by atoms with van der Waals surface area (Å²) in [6, 6.07) is 6.41. The molecule has 2 saturated heterocycles. The number of halogens is 2. The number of carboxylic acids is 1. The van der Waals surface area contributed by atoms with Crippen LogP contribution in [0, 0.1) is 0 Å². The smallest absolute Gasteiger partial charge is 0.341 e. The minimum absolute atomic E-state index is 0.00446. The molecule has 9 heteroatoms. The number of aromatic hydroxyl groups is 1. The Hall–Kier alpha value is -2.32. The van der Waals surface area contributed by atoms with Gasteiger partial charge in [-0.05, 0) is 76.1 Å². The second-order valence-electron chi connectivity index (χ2n) is 8.86. The first-order valence-electron chi connectivity index (χ1n) is 11.5. The van der Waals surface area contributed by atoms with Crippen molar-refractivity contribution in [2.24, 2.45) is 0 Å². The predicted octanol–water partition coefficient (Wildman–Crippen LogP) is 4.59. The number of aliphatic carboxylic acids is 1. The molecular formula is C25H28Cl2N2O5. The van der Waals surface area contributed by atoms with Crippen molar-refractivity contribution in [2.75, 3.05) is 32.8 Å². The first-order chi connectivity index (χ1) is 16.3. The molecule has 0 radical (unpaired) electrons. The maximum atomic E-state index is 13.5. The third kappa shape index (κ3) is 5.66. The molecule has 182 valence electrons. The van der Waals surface area contributed by atoms with Gasteiger partial charge in [-0.3, -0.25) is 14.6 Å². The zero-order valence-electron chi connectivity index (χ0n) is 18.9. The molecule has 2 aromatic rings. The Morgan fingerprint density at radius 2 is 1.41 bits per heavy atom. The molecule has 2 heterocycles. The highest BCUT2D eigenvalue weighted by molar-refractivity contribution is 6.45. The third-order valence-corrected chi connectivity index (χ3v) is 7.22. The quantitative estimate of drug-likeness (QED) is 0.480. The van der Waals surface area contributed by atoms with Gasteiger partial charge in [0.15, 0.2) is 12.4 Å². The number of hydrogen-bond donors (Lipinski definition) is 2. The molecule has 0 aliphatic carbocycles. The zero-order valence-corrected chi connectivity index (χ0v) is 20.4. The summed E-state index contributed by atoms with van der Waals surface area (Å²) in [5.74, 6) is -1.12. The van der Waals surface area contributed by atoms with E-state index in [-0.39, 0.29) is 32.9 Å². The molecule has 2 aromatic carbocycles. The van der Waals surface area contributed by atoms with Crippen LogP contribution in [0.1, 0.15) is 52.7 Å². The molecule has 0 spiro atoms. The van der Waals surface area contributed by atoms with Gasteiger partial charge in [-0.2, -0.15) is 0 Å². The predicted molar refractivity (Wildman–Crippen MR) is 130 cm³/mol. The Labute approximate surface area is 208 Å². The van der Waals surface area contributed by atoms with Crippen molar-refractivity contribution in [3.63, 3.8) is 0 Å². The van der Waals surface area contributed by atoms with Gasteiger partial charge in [0, 0.05) is 35.3 Å². The van der Waals surface area contributed by atoms with Crippen LogP contribution in [0.25, 0.3) is 0 Å². The van der Waals surface area contributed by atoms with Crippen molar-refractivity contribution in [3.8, 4) is 11.5 Å². The molecule has 0 aromatic heterocycles. The maximum absolute atomic E-state index is 13.5. The van der Waals surface area contributed by atoms with Crippen LogP contribution in [0.4, 0.5) is 0 Å². The van der Waals surface area contributed by atoms with Crippen LogP contribution >= 0.6 is 23.2 Å². The molecule has 7 nitrogen and oxygen atoms in total. The van der Waals surface area contributed by atoms with Gasteiger partial charge in [-0.25, -0.2) is 4.79 Å². The number of carbonyl (C=O) groups is 2. The van der Waals surface area contributed by atoms with Gasteiger partial charge in [0.1, 0.15) is 16.5 Å². The normalized spacial score (nSPS) is 16.8. The Bertz CT molecular complexity index is 1040. The number of nitrogens with zero attached hydrogens (tertiary/aromatic N) is 2. The average Bonchev–Trinajstić information content (AvgIpc) is 3.51. The van der Waals surface area contributed by atoms with Gasteiger partial charge in [-0.15, -0.1) is 0 Å². The van der Waals surface area contributed by atoms with E-state index in [1.165, 1.54) is 12.1 Å². The molecule has 2 aliphatic heterocycles. The minimum atomic E-state index is -1.15. The molecule has 0 amide bonds. The van der Waals surface area contributed by atoms with Gasteiger partial charge in [0.25, 0.3) is 0 Å². The maximum Gasteiger partial charge on any atom is 0.341 e. The third-order valence-electron chi connectivity index (χ3n) is 6.36. The SMILES string of the molecule is O=C(O)COc1ccc(C(=O)c2cc(CN3CCCC3)c(O)c(CN3CCCC3)c2)c(Cl)c1Cl. The van der Waals surface area contributed by atoms with Crippen molar-refractivity contribution in [3.05, 3.63) is 56.6 Å². The van der Waals surface area contributed by atoms with Crippen LogP contribution in [0.3, 0.4) is 0 Å². The lowest BCUT2D eigenvalue weighted by atomic mass is 9.96. The Kier molecular flexibility index (Phi) is 7.99. The highest BCUT2D eigenvalue weighted by atomic mass is 35.5. The van der Waals surface area contributed by atoms with Crippen LogP contribution in [0.5, 0.6) is 11.5 Å². The van der Waals surface area contributed by atoms with E-state index in [0.29, 0.717) is 18.7 Å². The van der Waals surface area contributed by atoms with Gasteiger partial charge >= 0.3 is 5.97 Å². The molecule has 2 aliphatic rings. The summed E-state index contributed by atoms with van der Waals surface area (Å²) < 4.78 is 5.15. The minimum Gasteiger partial charge on any atom is -0.507 e. The Morgan fingerprint density at radius 3 is 1.91 bits per heavy atom. The fraction of sp³-hybridized carbons (Fsp3) is 0.440. The Morgan fingerprint density at radius 1 is 0.882 bits per heavy atom. The van der Waals surface area contributed by atoms with Crippen molar-refractivity contribution in [1.82, 2.24) is 9.80 Å². The van der Waals surface area contributed by atoms with Crippen molar-refractivity contribution in [2.45, 2.75) is 38.8 Å². The molecule has 0 unspecified atom stereocenters. The van der Waals surface area contributed by atoms with E-state index < -0.39 is 12.6 Å². The van der Waals surface area contributed by atoms with Gasteiger partial charge in [0.2, 0.25) is 0 Å². The van der Waals surface area contributed by atoms with E-state index in [1.54, 1.807) is 12.1 Å². The summed E-state index contributed by atoms with van der Waals surface area (Å²) in [6.07, 6.45) is 4.52. The second kappa shape index (κ2) is 11.0. The first kappa shape index (κ1) is 24.8. The lowest BCUT2D eigenvalue weighted by Gasteiger charge is -2.21. The number of phenolic OH excluding ortho intramolecular Hbond substituents is 1. The molecule has 2 N–H and O–H groups in total. The molecule has 2 fully saturated rings. The largest absolute Gasteiger partial charge is 0.507 e. The summed E-state index contributed by atoms with van der Waals surface area (Å²) in [6.45, 7) is 4.47. The van der Waals surface area contributed by atoms with Crippen molar-refractivity contribution < 1.29 is 24.5 Å². The topological polar surface area (TPSA) is 90.3 Å². The standard InChI is InChI=1S/C25H28Cl2N2O5/c26-22-19(5-6-20(23(22)27)34-15-21(30)31)25(33)16-11-17(13-28-7-1-2-8-28)24(32)18(12-16)14-29-9-3-4-10-29/h5-6,11-12,32H,1-4,7-10,13-15H2,(H,30,31). The average molecular weight is 507 g/mol. The monoisotopic (exact) mass is 506 g/mol. The molecule has 0 bridgehead atoms. The lowest BCUT2D eigenvalue weighted by molar-refractivity contribution is -0.139. The molecule has 34 heavy (non-hydrogen) atoms. The zero-order chi connectivity index (χ0) is 24.2. The van der Waals surface area contributed by atoms with Crippen LogP contribution in [-0.4, -0.2) is 64.6 Å². The number of hydrogen-bond acceptors (Lipinski definition) is 6. The number of rotatable bonds is 9. The molecule has 4 rings (SSSR count). The Balaban J connectivity index is 1.66. The van der Waals surface area contributed by atoms with E-state index in [0.717, 1.165) is 63.0 Å². The fourth-order valence-electron chi connectivity index (χ4n) is 4.61. The summed E-state index contributed by atoms with van der Waals surface area (Å²) >= 11 is 12.7. The van der Waals surface area contributed by atoms with Crippen LogP contribution in [0.15, 0.2) is 24.3 Å². The first-order valence-corrected chi connectivity index (χ1v) is 12.3. The number of benzene rings is 2. The summed E-state index contributed by atoms with van der Waals surface area (Å²) in [4.78, 5) is 28.8. The van der Waals surface area contributed by atoms with Crippen molar-refractivity contribution in [1.29, 1.82) is 0 Å². The van der Waals surface area contributed by atoms with Gasteiger partial charge < -0.3 is 14.9 Å². The van der Waals surface area contributed by atoms with Gasteiger partial charge in [-0.1, -0.05) is 23.2 Å². The number of carbonyl (C=O) groups excluding carboxylic acids is 1. The number of ketones is 1. The van der Waals surface area contributed by atoms with E-state index in [2.05, 4.69) is 9.80 Å². The summed E-state index contributed by atoms with van der Waals surface area (Å²) in [5.41, 5.74) is 2.08. The molecule has 0 saturated carbocycles. The number of phenols is 1. The molecular weight excluding hydrogens is 479 g/mol. The summed E-state index contributed by atoms with van der Waals surface area (Å²) in [7, 11) is 0. The highest BCUT2D eigenvalue weighted by Gasteiger charge is 2.24. The van der Waals surface area contributed by atoms with E-state index in [9.17, 15) is 14.7 Å². The van der Waals surface area contributed by atoms with Crippen LogP contribution in [-0.2, 0) is 17.9 Å². The fourth-order valence-corrected chi connectivity index (χ4v) is 5.07. The van der Waals surface area contributed by atoms with Crippen LogP contribution < -0.4 is 4.74 Å². The second-order valence-corrected chi connectivity index (χ2v) is 9.62. The van der Waals surface area contributed by atoms with Gasteiger partial charge in [0.05, 0.1) is 5.02 Å². The van der Waals surface area contributed by atoms with E-state index in [1.807, 2.05) is 0 Å². The summed E-state index contributed by atoms with van der Waals surface area (Å²) in [5, 5.41) is 19.9. The lowest BCUT2D eigenvalue weighted by Crippen LogP contribution is -2.21. The van der Waals surface area contributed by atoms with E-state index >= 15 is 0 Å². The van der Waals surface area contributed by atoms with Crippen molar-refractivity contribution >= 4 is 35.0 Å². The number of likely N-dealkylation sites (tertiary alicyclic amines) is 2. The van der Waals surface area contributed by atoms with Crippen LogP contribution in [0.2, 0.25) is 10.0 Å². The highest BCUT2D eigenvalue weighted by Crippen LogP contribution is 2.37. The number of ether oxygens (including phenoxy) is 1. The molecule has 0 atom stereocenters. The number of carboxylic acid groups (broad SMARTS) is 1. The van der Waals surface area contributed by atoms with E-state index in [4.69, 9.17) is 33.0 Å².